The minimum absolute atomic E-state index is 0.280. The summed E-state index contributed by atoms with van der Waals surface area (Å²) in [5, 5.41) is 16.5. The summed E-state index contributed by atoms with van der Waals surface area (Å²) in [6.07, 6.45) is 8.54. The maximum atomic E-state index is 12.7. The van der Waals surface area contributed by atoms with Crippen LogP contribution in [0.2, 0.25) is 0 Å². The van der Waals surface area contributed by atoms with Crippen LogP contribution >= 0.6 is 0 Å². The molecule has 0 unspecified atom stereocenters. The van der Waals surface area contributed by atoms with Crippen molar-refractivity contribution >= 4 is 5.91 Å². The van der Waals surface area contributed by atoms with E-state index in [1.807, 2.05) is 23.9 Å². The summed E-state index contributed by atoms with van der Waals surface area (Å²) in [5.41, 5.74) is 5.03. The number of nitriles is 1. The Morgan fingerprint density at radius 3 is 3.00 bits per heavy atom. The summed E-state index contributed by atoms with van der Waals surface area (Å²) in [7, 11) is 0. The number of aromatic nitrogens is 3. The summed E-state index contributed by atoms with van der Waals surface area (Å²) < 4.78 is 13.2. The number of hydrogen-bond acceptors (Lipinski definition) is 6. The first-order chi connectivity index (χ1) is 15.1. The molecule has 1 aliphatic heterocycles. The van der Waals surface area contributed by atoms with E-state index in [0.717, 1.165) is 65.3 Å². The number of fused-ring (bicyclic) bond motifs is 3. The number of ether oxygens (including phenoxy) is 1. The Balaban J connectivity index is 1.40. The zero-order chi connectivity index (χ0) is 21.4. The third-order valence-electron chi connectivity index (χ3n) is 5.62. The monoisotopic (exact) mass is 415 g/mol. The van der Waals surface area contributed by atoms with Crippen LogP contribution in [0.25, 0.3) is 11.3 Å². The molecule has 4 heterocycles. The molecule has 3 aromatic rings. The van der Waals surface area contributed by atoms with Gasteiger partial charge in [0.1, 0.15) is 17.6 Å². The second-order valence-electron chi connectivity index (χ2n) is 7.74. The molecule has 1 amide bonds. The molecule has 0 atom stereocenters. The highest BCUT2D eigenvalue weighted by Crippen LogP contribution is 2.38. The predicted octanol–water partition coefficient (Wildman–Crippen LogP) is 3.25. The molecular weight excluding hydrogens is 394 g/mol. The number of allylic oxidation sites excluding steroid dienone is 1. The van der Waals surface area contributed by atoms with Crippen LogP contribution in [0.1, 0.15) is 51.5 Å². The van der Waals surface area contributed by atoms with E-state index in [1.54, 1.807) is 18.5 Å². The molecule has 31 heavy (non-hydrogen) atoms. The molecule has 0 saturated carbocycles. The highest BCUT2D eigenvalue weighted by atomic mass is 16.5. The Labute approximate surface area is 179 Å². The summed E-state index contributed by atoms with van der Waals surface area (Å²) in [4.78, 5) is 17.0. The number of aryl methyl sites for hydroxylation is 2. The second-order valence-corrected chi connectivity index (χ2v) is 7.74. The van der Waals surface area contributed by atoms with E-state index in [-0.39, 0.29) is 5.91 Å². The van der Waals surface area contributed by atoms with Crippen molar-refractivity contribution in [1.29, 1.82) is 5.26 Å². The van der Waals surface area contributed by atoms with Crippen LogP contribution < -0.4 is 5.32 Å². The lowest BCUT2D eigenvalue weighted by Gasteiger charge is -2.09. The third kappa shape index (κ3) is 3.59. The summed E-state index contributed by atoms with van der Waals surface area (Å²) in [6, 6.07) is 5.66. The summed E-state index contributed by atoms with van der Waals surface area (Å²) in [5.74, 6) is 1.62. The Morgan fingerprint density at radius 2 is 2.26 bits per heavy atom. The lowest BCUT2D eigenvalue weighted by Crippen LogP contribution is -2.18. The number of hydrogen-bond donors (Lipinski definition) is 1. The predicted molar refractivity (Wildman–Crippen MR) is 111 cm³/mol. The Morgan fingerprint density at radius 1 is 1.35 bits per heavy atom. The third-order valence-corrected chi connectivity index (χ3v) is 5.62. The first kappa shape index (κ1) is 19.1. The highest BCUT2D eigenvalue weighted by molar-refractivity contribution is 5.96. The molecule has 0 bridgehead atoms. The van der Waals surface area contributed by atoms with Gasteiger partial charge >= 0.3 is 0 Å². The van der Waals surface area contributed by atoms with Gasteiger partial charge in [-0.1, -0.05) is 0 Å². The molecule has 8 heteroatoms. The largest absolute Gasteiger partial charge is 0.496 e. The van der Waals surface area contributed by atoms with Gasteiger partial charge < -0.3 is 14.5 Å². The number of carbonyl (C=O) groups excluding carboxylic acids is 1. The van der Waals surface area contributed by atoms with Gasteiger partial charge in [-0.3, -0.25) is 14.5 Å². The SMILES string of the molecule is Cc1c(C(=O)NC=C2CCCO2)oc2c1-c1nn(Cc3ccc(C#N)cn3)cc1CC2. The molecule has 156 valence electrons. The first-order valence-corrected chi connectivity index (χ1v) is 10.3. The van der Waals surface area contributed by atoms with E-state index in [2.05, 4.69) is 16.4 Å². The van der Waals surface area contributed by atoms with Gasteiger partial charge in [0.2, 0.25) is 0 Å². The minimum atomic E-state index is -0.280. The van der Waals surface area contributed by atoms with E-state index in [9.17, 15) is 4.79 Å². The normalized spacial score (nSPS) is 15.8. The minimum Gasteiger partial charge on any atom is -0.496 e. The number of nitrogens with one attached hydrogen (secondary N) is 1. The van der Waals surface area contributed by atoms with Gasteiger partial charge in [0.15, 0.2) is 5.76 Å². The number of nitrogens with zero attached hydrogens (tertiary/aromatic N) is 4. The van der Waals surface area contributed by atoms with Crippen molar-refractivity contribution in [3.05, 3.63) is 70.4 Å². The summed E-state index contributed by atoms with van der Waals surface area (Å²) >= 11 is 0. The van der Waals surface area contributed by atoms with Crippen LogP contribution in [0.5, 0.6) is 0 Å². The Hall–Kier alpha value is -3.86. The van der Waals surface area contributed by atoms with Gasteiger partial charge in [0, 0.05) is 42.6 Å². The van der Waals surface area contributed by atoms with Crippen molar-refractivity contribution in [2.45, 2.75) is 39.2 Å². The van der Waals surface area contributed by atoms with Crippen LogP contribution in [-0.2, 0) is 24.1 Å². The van der Waals surface area contributed by atoms with Crippen LogP contribution in [0.3, 0.4) is 0 Å². The van der Waals surface area contributed by atoms with E-state index in [1.165, 1.54) is 0 Å². The number of rotatable bonds is 4. The first-order valence-electron chi connectivity index (χ1n) is 10.3. The van der Waals surface area contributed by atoms with Crippen molar-refractivity contribution in [2.75, 3.05) is 6.61 Å². The van der Waals surface area contributed by atoms with Gasteiger partial charge in [-0.2, -0.15) is 10.4 Å². The fourth-order valence-corrected chi connectivity index (χ4v) is 4.06. The molecular formula is C23H21N5O3. The molecule has 2 aliphatic rings. The quantitative estimate of drug-likeness (QED) is 0.701. The molecule has 0 aromatic carbocycles. The molecule has 8 nitrogen and oxygen atoms in total. The highest BCUT2D eigenvalue weighted by Gasteiger charge is 2.29. The maximum absolute atomic E-state index is 12.7. The van der Waals surface area contributed by atoms with E-state index >= 15 is 0 Å². The lowest BCUT2D eigenvalue weighted by atomic mass is 9.93. The van der Waals surface area contributed by atoms with Gasteiger partial charge in [-0.25, -0.2) is 0 Å². The molecule has 5 rings (SSSR count). The molecule has 1 N–H and O–H groups in total. The molecule has 1 aliphatic carbocycles. The standard InChI is InChI=1S/C23H21N5O3/c1-14-20-19(31-22(14)23(29)26-11-18-3-2-8-30-18)7-5-16-12-28(27-21(16)20)13-17-6-4-15(9-24)10-25-17/h4,6,10-12H,2-3,5,7-8,13H2,1H3,(H,26,29). The van der Waals surface area contributed by atoms with E-state index in [4.69, 9.17) is 19.5 Å². The molecule has 0 radical (unpaired) electrons. The van der Waals surface area contributed by atoms with E-state index in [0.29, 0.717) is 24.5 Å². The molecule has 0 spiro atoms. The number of amides is 1. The average Bonchev–Trinajstić information content (AvgIpc) is 3.51. The maximum Gasteiger partial charge on any atom is 0.291 e. The Bertz CT molecular complexity index is 1220. The van der Waals surface area contributed by atoms with Crippen molar-refractivity contribution in [1.82, 2.24) is 20.1 Å². The summed E-state index contributed by atoms with van der Waals surface area (Å²) in [6.45, 7) is 3.10. The van der Waals surface area contributed by atoms with Crippen molar-refractivity contribution in [3.63, 3.8) is 0 Å². The van der Waals surface area contributed by atoms with Gasteiger partial charge in [0.25, 0.3) is 5.91 Å². The zero-order valence-corrected chi connectivity index (χ0v) is 17.1. The van der Waals surface area contributed by atoms with Crippen molar-refractivity contribution in [3.8, 4) is 17.3 Å². The van der Waals surface area contributed by atoms with Gasteiger partial charge in [-0.05, 0) is 37.5 Å². The zero-order valence-electron chi connectivity index (χ0n) is 17.1. The van der Waals surface area contributed by atoms with Crippen LogP contribution in [0.15, 0.2) is 40.9 Å². The fraction of sp³-hybridized carbons (Fsp3) is 0.304. The van der Waals surface area contributed by atoms with Crippen LogP contribution in [-0.4, -0.2) is 27.3 Å². The smallest absolute Gasteiger partial charge is 0.291 e. The number of pyridine rings is 1. The molecule has 1 saturated heterocycles. The van der Waals surface area contributed by atoms with Crippen LogP contribution in [0, 0.1) is 18.3 Å². The Kier molecular flexibility index (Phi) is 4.79. The second kappa shape index (κ2) is 7.76. The number of furan rings is 1. The van der Waals surface area contributed by atoms with Gasteiger partial charge in [0.05, 0.1) is 30.1 Å². The average molecular weight is 415 g/mol. The van der Waals surface area contributed by atoms with E-state index < -0.39 is 0 Å². The molecule has 1 fully saturated rings. The van der Waals surface area contributed by atoms with Gasteiger partial charge in [-0.15, -0.1) is 0 Å². The fourth-order valence-electron chi connectivity index (χ4n) is 4.06. The lowest BCUT2D eigenvalue weighted by molar-refractivity contribution is 0.0938. The number of carbonyl (C=O) groups is 1. The van der Waals surface area contributed by atoms with Crippen LogP contribution in [0.4, 0.5) is 0 Å². The van der Waals surface area contributed by atoms with Crippen molar-refractivity contribution < 1.29 is 13.9 Å². The molecule has 3 aromatic heterocycles. The van der Waals surface area contributed by atoms with Crippen molar-refractivity contribution in [2.24, 2.45) is 0 Å². The topological polar surface area (TPSA) is 106 Å².